The van der Waals surface area contributed by atoms with E-state index >= 15 is 0 Å². The number of ether oxygens (including phenoxy) is 2. The molecule has 27 heavy (non-hydrogen) atoms. The van der Waals surface area contributed by atoms with E-state index in [0.29, 0.717) is 13.2 Å². The van der Waals surface area contributed by atoms with E-state index in [1.54, 1.807) is 6.20 Å². The largest absolute Gasteiger partial charge is 0.486 e. The predicted molar refractivity (Wildman–Crippen MR) is 104 cm³/mol. The molecule has 0 spiro atoms. The van der Waals surface area contributed by atoms with Crippen molar-refractivity contribution < 1.29 is 9.47 Å². The normalized spacial score (nSPS) is 15.2. The van der Waals surface area contributed by atoms with Crippen LogP contribution in [0.15, 0.2) is 54.7 Å². The summed E-state index contributed by atoms with van der Waals surface area (Å²) in [5, 5.41) is 3.34. The molecule has 5 rings (SSSR count). The number of aromatic nitrogens is 2. The first-order chi connectivity index (χ1) is 13.3. The van der Waals surface area contributed by atoms with Gasteiger partial charge in [-0.15, -0.1) is 0 Å². The Hall–Kier alpha value is -3.28. The Kier molecular flexibility index (Phi) is 4.01. The van der Waals surface area contributed by atoms with Crippen LogP contribution in [0.3, 0.4) is 0 Å². The van der Waals surface area contributed by atoms with Crippen LogP contribution in [0, 0.1) is 0 Å². The van der Waals surface area contributed by atoms with Crippen molar-refractivity contribution in [3.05, 3.63) is 65.9 Å². The van der Waals surface area contributed by atoms with Gasteiger partial charge in [0, 0.05) is 31.0 Å². The van der Waals surface area contributed by atoms with Gasteiger partial charge in [0.1, 0.15) is 19.0 Å². The molecule has 136 valence electrons. The lowest BCUT2D eigenvalue weighted by Crippen LogP contribution is -2.31. The zero-order valence-electron chi connectivity index (χ0n) is 14.9. The average molecular weight is 360 g/mol. The first-order valence-corrected chi connectivity index (χ1v) is 9.17. The summed E-state index contributed by atoms with van der Waals surface area (Å²) in [4.78, 5) is 11.4. The Morgan fingerprint density at radius 3 is 2.70 bits per heavy atom. The maximum Gasteiger partial charge on any atom is 0.227 e. The molecule has 0 amide bonds. The second kappa shape index (κ2) is 6.79. The number of hydrogen-bond acceptors (Lipinski definition) is 6. The number of rotatable bonds is 3. The molecule has 6 nitrogen and oxygen atoms in total. The third kappa shape index (κ3) is 3.26. The molecule has 2 aromatic carbocycles. The fourth-order valence-corrected chi connectivity index (χ4v) is 3.51. The third-order valence-corrected chi connectivity index (χ3v) is 4.87. The highest BCUT2D eigenvalue weighted by Crippen LogP contribution is 2.33. The summed E-state index contributed by atoms with van der Waals surface area (Å²) in [7, 11) is 0. The smallest absolute Gasteiger partial charge is 0.227 e. The van der Waals surface area contributed by atoms with Crippen LogP contribution in [0.25, 0.3) is 0 Å². The summed E-state index contributed by atoms with van der Waals surface area (Å²) in [6.45, 7) is 2.92. The minimum atomic E-state index is 0.574. The average Bonchev–Trinajstić information content (AvgIpc) is 2.73. The van der Waals surface area contributed by atoms with Crippen molar-refractivity contribution in [2.24, 2.45) is 0 Å². The second-order valence-electron chi connectivity index (χ2n) is 6.67. The molecule has 0 unspecified atom stereocenters. The topological polar surface area (TPSA) is 59.5 Å². The van der Waals surface area contributed by atoms with Gasteiger partial charge >= 0.3 is 0 Å². The molecule has 0 bridgehead atoms. The van der Waals surface area contributed by atoms with Gasteiger partial charge in [-0.3, -0.25) is 0 Å². The van der Waals surface area contributed by atoms with E-state index in [2.05, 4.69) is 39.5 Å². The molecule has 0 fully saturated rings. The van der Waals surface area contributed by atoms with Gasteiger partial charge in [-0.25, -0.2) is 4.98 Å². The van der Waals surface area contributed by atoms with Gasteiger partial charge in [-0.2, -0.15) is 4.98 Å². The van der Waals surface area contributed by atoms with Crippen LogP contribution in [0.5, 0.6) is 11.5 Å². The third-order valence-electron chi connectivity index (χ3n) is 4.87. The standard InChI is InChI=1S/C21H20N4O2/c1-2-4-16-14-25(10-8-15(16)3-1)21-22-9-7-20(24-21)23-17-5-6-18-19(13-17)27-12-11-26-18/h1-7,9,13H,8,10-12,14H2,(H,22,23,24). The SMILES string of the molecule is c1ccc2c(c1)CCN(c1nccc(Nc3ccc4c(c3)OCCO4)n1)C2. The van der Waals surface area contributed by atoms with E-state index in [1.165, 1.54) is 11.1 Å². The van der Waals surface area contributed by atoms with Crippen LogP contribution in [0.1, 0.15) is 11.1 Å². The number of nitrogens with zero attached hydrogens (tertiary/aromatic N) is 3. The van der Waals surface area contributed by atoms with Crippen molar-refractivity contribution in [2.75, 3.05) is 30.0 Å². The molecule has 0 aliphatic carbocycles. The van der Waals surface area contributed by atoms with Gasteiger partial charge < -0.3 is 19.7 Å². The van der Waals surface area contributed by atoms with Gasteiger partial charge in [0.25, 0.3) is 0 Å². The minimum absolute atomic E-state index is 0.574. The summed E-state index contributed by atoms with van der Waals surface area (Å²) in [6, 6.07) is 16.3. The van der Waals surface area contributed by atoms with E-state index in [0.717, 1.165) is 48.5 Å². The summed E-state index contributed by atoms with van der Waals surface area (Å²) in [5.74, 6) is 3.04. The lowest BCUT2D eigenvalue weighted by atomic mass is 10.0. The lowest BCUT2D eigenvalue weighted by Gasteiger charge is -2.29. The fraction of sp³-hybridized carbons (Fsp3) is 0.238. The molecule has 3 heterocycles. The minimum Gasteiger partial charge on any atom is -0.486 e. The molecule has 1 N–H and O–H groups in total. The van der Waals surface area contributed by atoms with Gasteiger partial charge in [0.2, 0.25) is 5.95 Å². The highest BCUT2D eigenvalue weighted by atomic mass is 16.6. The number of benzene rings is 2. The van der Waals surface area contributed by atoms with Crippen molar-refractivity contribution in [1.29, 1.82) is 0 Å². The Labute approximate surface area is 157 Å². The molecule has 1 aromatic heterocycles. The van der Waals surface area contributed by atoms with E-state index in [9.17, 15) is 0 Å². The first-order valence-electron chi connectivity index (χ1n) is 9.17. The molecule has 6 heteroatoms. The van der Waals surface area contributed by atoms with Crippen molar-refractivity contribution in [1.82, 2.24) is 9.97 Å². The summed E-state index contributed by atoms with van der Waals surface area (Å²) in [5.41, 5.74) is 3.67. The van der Waals surface area contributed by atoms with Gasteiger partial charge in [-0.05, 0) is 35.7 Å². The molecule has 0 saturated carbocycles. The monoisotopic (exact) mass is 360 g/mol. The van der Waals surface area contributed by atoms with E-state index in [4.69, 9.17) is 14.5 Å². The van der Waals surface area contributed by atoms with Crippen LogP contribution >= 0.6 is 0 Å². The quantitative estimate of drug-likeness (QED) is 0.771. The van der Waals surface area contributed by atoms with Crippen LogP contribution < -0.4 is 19.7 Å². The van der Waals surface area contributed by atoms with Crippen molar-refractivity contribution in [3.63, 3.8) is 0 Å². The van der Waals surface area contributed by atoms with Gasteiger partial charge in [0.05, 0.1) is 0 Å². The lowest BCUT2D eigenvalue weighted by molar-refractivity contribution is 0.171. The van der Waals surface area contributed by atoms with Crippen LogP contribution in [0.4, 0.5) is 17.5 Å². The molecular formula is C21H20N4O2. The molecule has 3 aromatic rings. The Bertz CT molecular complexity index is 976. The molecule has 2 aliphatic heterocycles. The van der Waals surface area contributed by atoms with Crippen LogP contribution in [-0.4, -0.2) is 29.7 Å². The first kappa shape index (κ1) is 15.9. The second-order valence-corrected chi connectivity index (χ2v) is 6.67. The number of anilines is 3. The molecule has 2 aliphatic rings. The van der Waals surface area contributed by atoms with E-state index < -0.39 is 0 Å². The number of hydrogen-bond donors (Lipinski definition) is 1. The van der Waals surface area contributed by atoms with Gasteiger partial charge in [-0.1, -0.05) is 24.3 Å². The Morgan fingerprint density at radius 1 is 0.926 bits per heavy atom. The van der Waals surface area contributed by atoms with E-state index in [1.807, 2.05) is 24.3 Å². The zero-order chi connectivity index (χ0) is 18.1. The van der Waals surface area contributed by atoms with Crippen molar-refractivity contribution >= 4 is 17.5 Å². The zero-order valence-corrected chi connectivity index (χ0v) is 14.9. The molecule has 0 radical (unpaired) electrons. The molecule has 0 saturated heterocycles. The highest BCUT2D eigenvalue weighted by Gasteiger charge is 2.18. The Morgan fingerprint density at radius 2 is 1.78 bits per heavy atom. The Balaban J connectivity index is 1.35. The van der Waals surface area contributed by atoms with E-state index in [-0.39, 0.29) is 0 Å². The van der Waals surface area contributed by atoms with Gasteiger partial charge in [0.15, 0.2) is 11.5 Å². The van der Waals surface area contributed by atoms with Crippen LogP contribution in [0.2, 0.25) is 0 Å². The van der Waals surface area contributed by atoms with Crippen molar-refractivity contribution in [2.45, 2.75) is 13.0 Å². The summed E-state index contributed by atoms with van der Waals surface area (Å²) < 4.78 is 11.2. The molecular weight excluding hydrogens is 340 g/mol. The maximum atomic E-state index is 5.65. The van der Waals surface area contributed by atoms with Crippen molar-refractivity contribution in [3.8, 4) is 11.5 Å². The van der Waals surface area contributed by atoms with Crippen LogP contribution in [-0.2, 0) is 13.0 Å². The predicted octanol–water partition coefficient (Wildman–Crippen LogP) is 3.55. The number of fused-ring (bicyclic) bond motifs is 2. The molecule has 0 atom stereocenters. The number of nitrogens with one attached hydrogen (secondary N) is 1. The highest BCUT2D eigenvalue weighted by molar-refractivity contribution is 5.62. The summed E-state index contributed by atoms with van der Waals surface area (Å²) in [6.07, 6.45) is 2.81. The summed E-state index contributed by atoms with van der Waals surface area (Å²) >= 11 is 0. The fourth-order valence-electron chi connectivity index (χ4n) is 3.51. The maximum absolute atomic E-state index is 5.65.